The average Bonchev–Trinajstić information content (AvgIpc) is 2.51. The summed E-state index contributed by atoms with van der Waals surface area (Å²) in [6.45, 7) is 5.18. The third-order valence-electron chi connectivity index (χ3n) is 2.83. The minimum Gasteiger partial charge on any atom is -0.382 e. The smallest absolute Gasteiger partial charge is 0.341 e. The normalized spacial score (nSPS) is 12.2. The Hall–Kier alpha value is 0.847. The zero-order valence-corrected chi connectivity index (χ0v) is 17.7. The van der Waals surface area contributed by atoms with E-state index >= 15 is 0 Å². The number of hydrogen-bond donors (Lipinski definition) is 0. The molecule has 0 amide bonds. The minimum atomic E-state index is -2.73. The van der Waals surface area contributed by atoms with Gasteiger partial charge in [0.15, 0.2) is 0 Å². The Morgan fingerprint density at radius 2 is 1.00 bits per heavy atom. The molecule has 0 aromatic carbocycles. The van der Waals surface area contributed by atoms with Crippen LogP contribution in [-0.2, 0) is 28.4 Å². The maximum Gasteiger partial charge on any atom is 0.341 e. The van der Waals surface area contributed by atoms with E-state index in [0.717, 1.165) is 0 Å². The first-order valence-electron chi connectivity index (χ1n) is 7.85. The molecule has 146 valence electrons. The lowest BCUT2D eigenvalue weighted by atomic mass is 10.2. The van der Waals surface area contributed by atoms with Crippen LogP contribution < -0.4 is 0 Å². The van der Waals surface area contributed by atoms with E-state index in [4.69, 9.17) is 61.7 Å². The lowest BCUT2D eigenvalue weighted by Crippen LogP contribution is -2.25. The zero-order chi connectivity index (χ0) is 18.1. The monoisotopic (exact) mass is 426 g/mol. The number of rotatable bonds is 18. The fraction of sp³-hybridized carbons (Fsp3) is 1.00. The highest BCUT2D eigenvalue weighted by molar-refractivity contribution is 7.64. The van der Waals surface area contributed by atoms with Gasteiger partial charge in [-0.05, 0) is 6.04 Å². The van der Waals surface area contributed by atoms with Crippen molar-refractivity contribution in [2.75, 3.05) is 80.3 Å². The van der Waals surface area contributed by atoms with E-state index in [-0.39, 0.29) is 5.92 Å². The summed E-state index contributed by atoms with van der Waals surface area (Å²) in [7, 11) is 3.27. The molecule has 0 N–H and O–H groups in total. The second-order valence-corrected chi connectivity index (χ2v) is 14.2. The van der Waals surface area contributed by atoms with E-state index in [2.05, 4.69) is 0 Å². The summed E-state index contributed by atoms with van der Waals surface area (Å²) in [5.74, 6) is 0.0436. The predicted molar refractivity (Wildman–Crippen MR) is 98.6 cm³/mol. The van der Waals surface area contributed by atoms with Crippen LogP contribution in [0.5, 0.6) is 0 Å². The standard InChI is InChI=1S/C14H29Cl3O6Si/c1-18-3-5-20-7-9-22-11-14(13-24(15,16)17)12-23-10-8-21-6-4-19-2/h14H,3-13H2,1-2H3. The molecule has 0 unspecified atom stereocenters. The average molecular weight is 428 g/mol. The maximum atomic E-state index is 6.00. The van der Waals surface area contributed by atoms with Crippen molar-refractivity contribution in [1.29, 1.82) is 0 Å². The topological polar surface area (TPSA) is 55.4 Å². The van der Waals surface area contributed by atoms with Gasteiger partial charge >= 0.3 is 6.00 Å². The summed E-state index contributed by atoms with van der Waals surface area (Å²) in [5, 5.41) is 0. The molecular formula is C14H29Cl3O6Si. The van der Waals surface area contributed by atoms with E-state index < -0.39 is 6.00 Å². The Morgan fingerprint density at radius 1 is 0.625 bits per heavy atom. The van der Waals surface area contributed by atoms with Gasteiger partial charge in [0.25, 0.3) is 0 Å². The quantitative estimate of drug-likeness (QED) is 0.190. The van der Waals surface area contributed by atoms with Gasteiger partial charge in [0.2, 0.25) is 0 Å². The Balaban J connectivity index is 3.77. The van der Waals surface area contributed by atoms with Crippen molar-refractivity contribution in [2.24, 2.45) is 5.92 Å². The molecular weight excluding hydrogens is 399 g/mol. The molecule has 0 aromatic heterocycles. The number of ether oxygens (including phenoxy) is 6. The summed E-state index contributed by atoms with van der Waals surface area (Å²) in [4.78, 5) is 0. The summed E-state index contributed by atoms with van der Waals surface area (Å²) in [5.41, 5.74) is 0. The fourth-order valence-electron chi connectivity index (χ4n) is 1.72. The SMILES string of the molecule is COCCOCCOCC(COCCOCCOC)C[Si](Cl)(Cl)Cl. The summed E-state index contributed by atoms with van der Waals surface area (Å²) >= 11 is 18.0. The van der Waals surface area contributed by atoms with Crippen molar-refractivity contribution in [1.82, 2.24) is 0 Å². The predicted octanol–water partition coefficient (Wildman–Crippen LogP) is 2.62. The molecule has 0 aliphatic rings. The van der Waals surface area contributed by atoms with Crippen molar-refractivity contribution in [3.63, 3.8) is 0 Å². The molecule has 0 aromatic rings. The summed E-state index contributed by atoms with van der Waals surface area (Å²) < 4.78 is 31.6. The van der Waals surface area contributed by atoms with Gasteiger partial charge in [0.05, 0.1) is 66.1 Å². The highest BCUT2D eigenvalue weighted by atomic mass is 35.8. The first kappa shape index (κ1) is 24.8. The molecule has 0 aliphatic heterocycles. The molecule has 0 rings (SSSR count). The molecule has 6 nitrogen and oxygen atoms in total. The van der Waals surface area contributed by atoms with Crippen LogP contribution in [0.2, 0.25) is 6.04 Å². The van der Waals surface area contributed by atoms with Crippen LogP contribution in [0.3, 0.4) is 0 Å². The maximum absolute atomic E-state index is 6.00. The van der Waals surface area contributed by atoms with E-state index in [1.807, 2.05) is 0 Å². The van der Waals surface area contributed by atoms with E-state index in [0.29, 0.717) is 72.1 Å². The van der Waals surface area contributed by atoms with E-state index in [9.17, 15) is 0 Å². The van der Waals surface area contributed by atoms with Crippen molar-refractivity contribution < 1.29 is 28.4 Å². The van der Waals surface area contributed by atoms with Crippen LogP contribution in [0, 0.1) is 5.92 Å². The molecule has 24 heavy (non-hydrogen) atoms. The van der Waals surface area contributed by atoms with Gasteiger partial charge in [0.1, 0.15) is 0 Å². The second kappa shape index (κ2) is 17.3. The molecule has 0 aliphatic carbocycles. The molecule has 0 radical (unpaired) electrons. The zero-order valence-electron chi connectivity index (χ0n) is 14.4. The van der Waals surface area contributed by atoms with Crippen LogP contribution in [0.25, 0.3) is 0 Å². The first-order chi connectivity index (χ1) is 11.5. The lowest BCUT2D eigenvalue weighted by Gasteiger charge is -2.20. The number of methoxy groups -OCH3 is 2. The van der Waals surface area contributed by atoms with Gasteiger partial charge in [-0.15, -0.1) is 33.2 Å². The molecule has 0 bridgehead atoms. The molecule has 0 saturated heterocycles. The van der Waals surface area contributed by atoms with Gasteiger partial charge in [-0.25, -0.2) is 0 Å². The molecule has 0 heterocycles. The Kier molecular flexibility index (Phi) is 17.9. The fourth-order valence-corrected chi connectivity index (χ4v) is 4.57. The molecule has 0 saturated carbocycles. The molecule has 0 atom stereocenters. The molecule has 10 heteroatoms. The Labute approximate surface area is 160 Å². The Morgan fingerprint density at radius 3 is 1.38 bits per heavy atom. The van der Waals surface area contributed by atoms with E-state index in [1.165, 1.54) is 0 Å². The minimum absolute atomic E-state index is 0.0436. The van der Waals surface area contributed by atoms with Gasteiger partial charge in [0, 0.05) is 20.1 Å². The summed E-state index contributed by atoms with van der Waals surface area (Å²) in [6, 6.07) is -2.24. The van der Waals surface area contributed by atoms with Crippen molar-refractivity contribution >= 4 is 39.2 Å². The lowest BCUT2D eigenvalue weighted by molar-refractivity contribution is -0.00959. The third-order valence-corrected chi connectivity index (χ3v) is 5.26. The molecule has 0 spiro atoms. The van der Waals surface area contributed by atoms with Crippen LogP contribution >= 0.6 is 33.2 Å². The highest BCUT2D eigenvalue weighted by Gasteiger charge is 2.29. The summed E-state index contributed by atoms with van der Waals surface area (Å²) in [6.07, 6.45) is 0. The van der Waals surface area contributed by atoms with Gasteiger partial charge in [-0.3, -0.25) is 0 Å². The van der Waals surface area contributed by atoms with Crippen molar-refractivity contribution in [3.8, 4) is 0 Å². The van der Waals surface area contributed by atoms with Gasteiger partial charge in [-0.1, -0.05) is 0 Å². The van der Waals surface area contributed by atoms with Crippen LogP contribution in [-0.4, -0.2) is 86.3 Å². The highest BCUT2D eigenvalue weighted by Crippen LogP contribution is 2.29. The third kappa shape index (κ3) is 19.2. The van der Waals surface area contributed by atoms with Crippen molar-refractivity contribution in [2.45, 2.75) is 6.04 Å². The van der Waals surface area contributed by atoms with Crippen molar-refractivity contribution in [3.05, 3.63) is 0 Å². The van der Waals surface area contributed by atoms with Crippen LogP contribution in [0.15, 0.2) is 0 Å². The largest absolute Gasteiger partial charge is 0.382 e. The van der Waals surface area contributed by atoms with Gasteiger partial charge < -0.3 is 28.4 Å². The van der Waals surface area contributed by atoms with E-state index in [1.54, 1.807) is 14.2 Å². The Bertz CT molecular complexity index is 253. The number of hydrogen-bond acceptors (Lipinski definition) is 6. The number of halogens is 3. The van der Waals surface area contributed by atoms with Crippen LogP contribution in [0.4, 0.5) is 0 Å². The van der Waals surface area contributed by atoms with Crippen LogP contribution in [0.1, 0.15) is 0 Å². The second-order valence-electron chi connectivity index (χ2n) is 5.05. The first-order valence-corrected chi connectivity index (χ1v) is 13.1. The van der Waals surface area contributed by atoms with Gasteiger partial charge in [-0.2, -0.15) is 0 Å². The molecule has 0 fully saturated rings.